The van der Waals surface area contributed by atoms with Crippen molar-refractivity contribution in [2.24, 2.45) is 5.73 Å². The van der Waals surface area contributed by atoms with Gasteiger partial charge in [0.25, 0.3) is 0 Å². The number of terminal acetylenes is 1. The van der Waals surface area contributed by atoms with E-state index in [4.69, 9.17) is 21.6 Å². The van der Waals surface area contributed by atoms with Gasteiger partial charge in [-0.2, -0.15) is 0 Å². The summed E-state index contributed by atoms with van der Waals surface area (Å²) in [5.74, 6) is -0.00432. The number of hydrogen-bond acceptors (Lipinski definition) is 7. The normalized spacial score (nSPS) is 30.2. The number of rotatable bonds is 5. The van der Waals surface area contributed by atoms with Gasteiger partial charge in [-0.1, -0.05) is 18.1 Å². The molecule has 1 aromatic carbocycles. The Kier molecular flexibility index (Phi) is 6.26. The van der Waals surface area contributed by atoms with E-state index in [1.807, 2.05) is 0 Å². The third-order valence-electron chi connectivity index (χ3n) is 4.95. The van der Waals surface area contributed by atoms with Gasteiger partial charge in [0.1, 0.15) is 0 Å². The van der Waals surface area contributed by atoms with Gasteiger partial charge >= 0.3 is 11.9 Å². The van der Waals surface area contributed by atoms with Crippen molar-refractivity contribution in [2.45, 2.75) is 49.9 Å². The van der Waals surface area contributed by atoms with Crippen LogP contribution in [0.3, 0.4) is 0 Å². The summed E-state index contributed by atoms with van der Waals surface area (Å²) >= 11 is 0. The summed E-state index contributed by atoms with van der Waals surface area (Å²) in [5.41, 5.74) is 2.88. The fourth-order valence-corrected chi connectivity index (χ4v) is 3.49. The SMILES string of the molecule is C#Cc1ccc(C2C[C@@](O)(C(=O)OCC)C(N)[C@@](O)(C(=O)OCC)C2)cc1. The van der Waals surface area contributed by atoms with Gasteiger partial charge in [-0.05, 0) is 50.3 Å². The lowest BCUT2D eigenvalue weighted by molar-refractivity contribution is -0.198. The smallest absolute Gasteiger partial charge is 0.339 e. The molecule has 0 aliphatic heterocycles. The van der Waals surface area contributed by atoms with Crippen molar-refractivity contribution in [1.82, 2.24) is 0 Å². The first kappa shape index (κ1) is 20.9. The molecule has 7 nitrogen and oxygen atoms in total. The van der Waals surface area contributed by atoms with Crippen molar-refractivity contribution < 1.29 is 29.3 Å². The molecule has 0 saturated heterocycles. The molecule has 2 unspecified atom stereocenters. The molecule has 1 fully saturated rings. The van der Waals surface area contributed by atoms with Crippen molar-refractivity contribution in [3.63, 3.8) is 0 Å². The molecule has 0 heterocycles. The number of nitrogens with two attached hydrogens (primary N) is 1. The Morgan fingerprint density at radius 1 is 1.11 bits per heavy atom. The van der Waals surface area contributed by atoms with Gasteiger partial charge < -0.3 is 25.4 Å². The summed E-state index contributed by atoms with van der Waals surface area (Å²) in [5, 5.41) is 22.0. The van der Waals surface area contributed by atoms with E-state index in [9.17, 15) is 19.8 Å². The molecule has 0 spiro atoms. The summed E-state index contributed by atoms with van der Waals surface area (Å²) in [7, 11) is 0. The van der Waals surface area contributed by atoms with E-state index in [2.05, 4.69) is 5.92 Å². The van der Waals surface area contributed by atoms with Crippen LogP contribution < -0.4 is 5.73 Å². The van der Waals surface area contributed by atoms with E-state index in [0.717, 1.165) is 0 Å². The summed E-state index contributed by atoms with van der Waals surface area (Å²) < 4.78 is 9.90. The van der Waals surface area contributed by atoms with E-state index in [-0.39, 0.29) is 26.1 Å². The molecular formula is C20H25NO6. The van der Waals surface area contributed by atoms with Gasteiger partial charge in [-0.3, -0.25) is 0 Å². The van der Waals surface area contributed by atoms with Crippen LogP contribution in [0.4, 0.5) is 0 Å². The molecule has 1 saturated carbocycles. The number of benzene rings is 1. The Labute approximate surface area is 158 Å². The summed E-state index contributed by atoms with van der Waals surface area (Å²) in [6.45, 7) is 3.22. The van der Waals surface area contributed by atoms with Crippen LogP contribution in [-0.2, 0) is 19.1 Å². The van der Waals surface area contributed by atoms with Crippen LogP contribution in [-0.4, -0.2) is 52.6 Å². The average Bonchev–Trinajstić information content (AvgIpc) is 2.66. The largest absolute Gasteiger partial charge is 0.464 e. The molecule has 1 aliphatic rings. The number of hydrogen-bond donors (Lipinski definition) is 3. The van der Waals surface area contributed by atoms with Crippen LogP contribution in [0.15, 0.2) is 24.3 Å². The molecule has 7 heteroatoms. The van der Waals surface area contributed by atoms with Gasteiger partial charge in [0.05, 0.1) is 19.3 Å². The van der Waals surface area contributed by atoms with Gasteiger partial charge in [-0.25, -0.2) is 9.59 Å². The number of aliphatic hydroxyl groups is 2. The minimum absolute atomic E-state index is 0.0211. The highest BCUT2D eigenvalue weighted by Crippen LogP contribution is 2.44. The first-order chi connectivity index (χ1) is 12.7. The number of carbonyl (C=O) groups is 2. The topological polar surface area (TPSA) is 119 Å². The quantitative estimate of drug-likeness (QED) is 0.505. The molecule has 4 atom stereocenters. The first-order valence-corrected chi connectivity index (χ1v) is 8.84. The molecule has 0 bridgehead atoms. The van der Waals surface area contributed by atoms with Gasteiger partial charge in [-0.15, -0.1) is 6.42 Å². The molecule has 0 aromatic heterocycles. The molecule has 1 aliphatic carbocycles. The predicted octanol–water partition coefficient (Wildman–Crippen LogP) is 0.461. The van der Waals surface area contributed by atoms with E-state index in [0.29, 0.717) is 11.1 Å². The van der Waals surface area contributed by atoms with E-state index < -0.39 is 35.1 Å². The lowest BCUT2D eigenvalue weighted by Gasteiger charge is -2.47. The second-order valence-corrected chi connectivity index (χ2v) is 6.64. The zero-order valence-electron chi connectivity index (χ0n) is 15.5. The highest BCUT2D eigenvalue weighted by atomic mass is 16.6. The molecular weight excluding hydrogens is 350 g/mol. The Hall–Kier alpha value is -2.40. The summed E-state index contributed by atoms with van der Waals surface area (Å²) in [6.07, 6.45) is 5.15. The predicted molar refractivity (Wildman–Crippen MR) is 97.5 cm³/mol. The number of carbonyl (C=O) groups excluding carboxylic acids is 2. The lowest BCUT2D eigenvalue weighted by atomic mass is 9.64. The van der Waals surface area contributed by atoms with Gasteiger partial charge in [0, 0.05) is 5.56 Å². The van der Waals surface area contributed by atoms with Crippen LogP contribution in [0.2, 0.25) is 0 Å². The van der Waals surface area contributed by atoms with E-state index in [1.165, 1.54) is 0 Å². The maximum absolute atomic E-state index is 12.4. The molecule has 2 rings (SSSR count). The highest BCUT2D eigenvalue weighted by molar-refractivity contribution is 5.87. The molecule has 27 heavy (non-hydrogen) atoms. The van der Waals surface area contributed by atoms with Gasteiger partial charge in [0.15, 0.2) is 11.2 Å². The highest BCUT2D eigenvalue weighted by Gasteiger charge is 2.62. The van der Waals surface area contributed by atoms with Crippen LogP contribution in [0, 0.1) is 12.3 Å². The van der Waals surface area contributed by atoms with Crippen molar-refractivity contribution in [3.05, 3.63) is 35.4 Å². The fourth-order valence-electron chi connectivity index (χ4n) is 3.49. The fraction of sp³-hybridized carbons (Fsp3) is 0.500. The van der Waals surface area contributed by atoms with E-state index >= 15 is 0 Å². The lowest BCUT2D eigenvalue weighted by Crippen LogP contribution is -2.71. The van der Waals surface area contributed by atoms with Crippen molar-refractivity contribution in [2.75, 3.05) is 13.2 Å². The Morgan fingerprint density at radius 3 is 1.93 bits per heavy atom. The monoisotopic (exact) mass is 375 g/mol. The van der Waals surface area contributed by atoms with Crippen molar-refractivity contribution >= 4 is 11.9 Å². The average molecular weight is 375 g/mol. The standard InChI is InChI=1S/C20H25NO6/c1-4-13-7-9-14(10-8-13)15-11-19(24,17(22)26-5-2)16(21)20(25,12-15)18(23)27-6-3/h1,7-10,15-16,24-25H,5-6,11-12,21H2,2-3H3/t15?,16?,19-,20+. The molecule has 146 valence electrons. The van der Waals surface area contributed by atoms with Crippen LogP contribution >= 0.6 is 0 Å². The van der Waals surface area contributed by atoms with Crippen LogP contribution in [0.5, 0.6) is 0 Å². The second kappa shape index (κ2) is 8.09. The van der Waals surface area contributed by atoms with Crippen molar-refractivity contribution in [1.29, 1.82) is 0 Å². The molecule has 4 N–H and O–H groups in total. The van der Waals surface area contributed by atoms with Crippen LogP contribution in [0.1, 0.15) is 43.7 Å². The Morgan fingerprint density at radius 2 is 1.56 bits per heavy atom. The third-order valence-corrected chi connectivity index (χ3v) is 4.95. The third kappa shape index (κ3) is 3.83. The minimum atomic E-state index is -2.24. The minimum Gasteiger partial charge on any atom is -0.464 e. The summed E-state index contributed by atoms with van der Waals surface area (Å²) in [6, 6.07) is 5.28. The number of esters is 2. The van der Waals surface area contributed by atoms with Crippen LogP contribution in [0.25, 0.3) is 0 Å². The maximum atomic E-state index is 12.4. The zero-order chi connectivity index (χ0) is 20.2. The number of ether oxygens (including phenoxy) is 2. The van der Waals surface area contributed by atoms with Gasteiger partial charge in [0.2, 0.25) is 0 Å². The summed E-state index contributed by atoms with van der Waals surface area (Å²) in [4.78, 5) is 24.9. The maximum Gasteiger partial charge on any atom is 0.339 e. The molecule has 1 aromatic rings. The van der Waals surface area contributed by atoms with Crippen molar-refractivity contribution in [3.8, 4) is 12.3 Å². The first-order valence-electron chi connectivity index (χ1n) is 8.84. The Balaban J connectivity index is 2.48. The Bertz CT molecular complexity index is 706. The van der Waals surface area contributed by atoms with E-state index in [1.54, 1.807) is 38.1 Å². The second-order valence-electron chi connectivity index (χ2n) is 6.64. The zero-order valence-corrected chi connectivity index (χ0v) is 15.5. The molecule has 0 amide bonds. The molecule has 0 radical (unpaired) electrons.